The van der Waals surface area contributed by atoms with Gasteiger partial charge in [-0.25, -0.2) is 0 Å². The van der Waals surface area contributed by atoms with Crippen LogP contribution < -0.4 is 4.74 Å². The molecule has 0 amide bonds. The molecule has 7 rings (SSSR count). The molecular formula is C33H45NO5. The first-order valence-electron chi connectivity index (χ1n) is 14.8. The van der Waals surface area contributed by atoms with Crippen LogP contribution in [-0.2, 0) is 0 Å². The van der Waals surface area contributed by atoms with Crippen molar-refractivity contribution < 1.29 is 24.9 Å². The molecule has 212 valence electrons. The first-order valence-corrected chi connectivity index (χ1v) is 14.8. The highest BCUT2D eigenvalue weighted by atomic mass is 16.5. The Kier molecular flexibility index (Phi) is 6.28. The first kappa shape index (κ1) is 27.2. The highest BCUT2D eigenvalue weighted by Crippen LogP contribution is 2.78. The lowest BCUT2D eigenvalue weighted by Gasteiger charge is -2.71. The van der Waals surface area contributed by atoms with Crippen molar-refractivity contribution in [2.45, 2.75) is 70.5 Å². The van der Waals surface area contributed by atoms with Crippen molar-refractivity contribution >= 4 is 5.78 Å². The number of carbonyl (C=O) groups is 1. The average molecular weight is 536 g/mol. The van der Waals surface area contributed by atoms with E-state index < -0.39 is 11.0 Å². The summed E-state index contributed by atoms with van der Waals surface area (Å²) in [5.74, 6) is 1.19. The number of methoxy groups -OCH3 is 1. The fourth-order valence-electron chi connectivity index (χ4n) is 10.2. The van der Waals surface area contributed by atoms with Crippen LogP contribution in [0, 0.1) is 33.5 Å². The van der Waals surface area contributed by atoms with Crippen molar-refractivity contribution in [3.63, 3.8) is 0 Å². The minimum absolute atomic E-state index is 0.0413. The lowest BCUT2D eigenvalue weighted by Crippen LogP contribution is -2.67. The second-order valence-electron chi connectivity index (χ2n) is 13.8. The Morgan fingerprint density at radius 2 is 1.69 bits per heavy atom. The second kappa shape index (κ2) is 9.01. The number of likely N-dealkylation sites (N-methyl/N-ethyl adjacent to an activating group) is 1. The van der Waals surface area contributed by atoms with Crippen LogP contribution in [0.5, 0.6) is 5.75 Å². The zero-order valence-corrected chi connectivity index (χ0v) is 23.9. The van der Waals surface area contributed by atoms with E-state index in [2.05, 4.69) is 32.1 Å². The Hall–Kier alpha value is -1.99. The average Bonchev–Trinajstić information content (AvgIpc) is 3.18. The molecule has 0 heterocycles. The zero-order valence-electron chi connectivity index (χ0n) is 23.9. The van der Waals surface area contributed by atoms with E-state index in [0.717, 1.165) is 43.4 Å². The number of ketones is 1. The van der Waals surface area contributed by atoms with E-state index in [-0.39, 0.29) is 46.6 Å². The predicted octanol–water partition coefficient (Wildman–Crippen LogP) is 4.39. The number of nitrogens with zero attached hydrogens (tertiary/aromatic N) is 1. The molecule has 0 saturated heterocycles. The van der Waals surface area contributed by atoms with Crippen LogP contribution in [0.15, 0.2) is 48.1 Å². The molecule has 6 aliphatic rings. The maximum Gasteiger partial charge on any atom is 0.189 e. The smallest absolute Gasteiger partial charge is 0.189 e. The summed E-state index contributed by atoms with van der Waals surface area (Å²) in [6, 6.07) is 7.43. The van der Waals surface area contributed by atoms with E-state index >= 15 is 0 Å². The molecular weight excluding hydrogens is 490 g/mol. The third kappa shape index (κ3) is 3.51. The van der Waals surface area contributed by atoms with E-state index in [9.17, 15) is 20.1 Å². The van der Waals surface area contributed by atoms with Gasteiger partial charge in [-0.1, -0.05) is 32.1 Å². The fourth-order valence-corrected chi connectivity index (χ4v) is 10.2. The summed E-state index contributed by atoms with van der Waals surface area (Å²) in [5, 5.41) is 32.6. The molecule has 8 unspecified atom stereocenters. The van der Waals surface area contributed by atoms with Gasteiger partial charge in [-0.05, 0) is 93.5 Å². The van der Waals surface area contributed by atoms with Gasteiger partial charge in [-0.3, -0.25) is 4.79 Å². The summed E-state index contributed by atoms with van der Waals surface area (Å²) in [6.07, 6.45) is 12.4. The van der Waals surface area contributed by atoms with Gasteiger partial charge in [0.1, 0.15) is 5.75 Å². The van der Waals surface area contributed by atoms with E-state index in [1.54, 1.807) is 7.11 Å². The molecule has 0 aliphatic heterocycles. The molecule has 2 bridgehead atoms. The summed E-state index contributed by atoms with van der Waals surface area (Å²) in [5.41, 5.74) is -0.552. The van der Waals surface area contributed by atoms with E-state index in [1.807, 2.05) is 36.2 Å². The monoisotopic (exact) mass is 535 g/mol. The number of aliphatic hydroxyl groups excluding tert-OH is 2. The number of allylic oxidation sites excluding steroid dienone is 4. The van der Waals surface area contributed by atoms with Gasteiger partial charge in [0.25, 0.3) is 0 Å². The van der Waals surface area contributed by atoms with Crippen LogP contribution in [-0.4, -0.2) is 71.6 Å². The maximum absolute atomic E-state index is 14.5. The molecule has 6 heteroatoms. The highest BCUT2D eigenvalue weighted by molar-refractivity contribution is 6.10. The van der Waals surface area contributed by atoms with Crippen molar-refractivity contribution in [2.75, 3.05) is 33.9 Å². The first-order chi connectivity index (χ1) is 18.5. The Labute approximate surface area is 232 Å². The Morgan fingerprint density at radius 1 is 1.03 bits per heavy atom. The van der Waals surface area contributed by atoms with Crippen LogP contribution >= 0.6 is 0 Å². The summed E-state index contributed by atoms with van der Waals surface area (Å²) < 4.78 is 5.35. The van der Waals surface area contributed by atoms with Gasteiger partial charge in [0.2, 0.25) is 0 Å². The predicted molar refractivity (Wildman–Crippen MR) is 150 cm³/mol. The topological polar surface area (TPSA) is 90.2 Å². The molecule has 6 nitrogen and oxygen atoms in total. The molecule has 39 heavy (non-hydrogen) atoms. The normalized spacial score (nSPS) is 44.0. The summed E-state index contributed by atoms with van der Waals surface area (Å²) in [7, 11) is 3.60. The van der Waals surface area contributed by atoms with Crippen molar-refractivity contribution in [3.05, 3.63) is 53.6 Å². The van der Waals surface area contributed by atoms with Gasteiger partial charge in [0.15, 0.2) is 5.78 Å². The van der Waals surface area contributed by atoms with Gasteiger partial charge in [-0.15, -0.1) is 0 Å². The largest absolute Gasteiger partial charge is 0.497 e. The van der Waals surface area contributed by atoms with Gasteiger partial charge in [0.05, 0.1) is 25.4 Å². The van der Waals surface area contributed by atoms with E-state index in [0.29, 0.717) is 31.5 Å². The molecule has 1 aromatic carbocycles. The fraction of sp³-hybridized carbons (Fsp3) is 0.667. The highest BCUT2D eigenvalue weighted by Gasteiger charge is 2.74. The van der Waals surface area contributed by atoms with Crippen LogP contribution in [0.4, 0.5) is 0 Å². The quantitative estimate of drug-likeness (QED) is 0.354. The number of rotatable bonds is 7. The van der Waals surface area contributed by atoms with Crippen molar-refractivity contribution in [1.29, 1.82) is 0 Å². The number of hydrogen-bond acceptors (Lipinski definition) is 6. The van der Waals surface area contributed by atoms with Gasteiger partial charge < -0.3 is 25.0 Å². The number of Topliss-reactive ketones (excluding diaryl/α,β-unsaturated/α-hetero) is 1. The van der Waals surface area contributed by atoms with Crippen LogP contribution in [0.1, 0.15) is 69.2 Å². The minimum Gasteiger partial charge on any atom is -0.497 e. The lowest BCUT2D eigenvalue weighted by atomic mass is 9.32. The van der Waals surface area contributed by atoms with Crippen molar-refractivity contribution in [3.8, 4) is 5.75 Å². The summed E-state index contributed by atoms with van der Waals surface area (Å²) in [6.45, 7) is 5.78. The van der Waals surface area contributed by atoms with Crippen molar-refractivity contribution in [1.82, 2.24) is 4.90 Å². The third-order valence-electron chi connectivity index (χ3n) is 12.3. The molecule has 6 aliphatic carbocycles. The Bertz CT molecular complexity index is 1210. The summed E-state index contributed by atoms with van der Waals surface area (Å²) in [4.78, 5) is 16.6. The number of fused-ring (bicyclic) bond motifs is 1. The van der Waals surface area contributed by atoms with Crippen LogP contribution in [0.25, 0.3) is 0 Å². The van der Waals surface area contributed by atoms with Gasteiger partial charge >= 0.3 is 0 Å². The van der Waals surface area contributed by atoms with E-state index in [4.69, 9.17) is 4.74 Å². The molecule has 3 saturated carbocycles. The SMILES string of the molecule is COc1ccc(C(=O)C2=CC34C=CC25C(CCC2(C)C5CCC2(O)CN(C)CCO)C3(C)CCC(O)C4)cc1. The number of benzene rings is 1. The van der Waals surface area contributed by atoms with E-state index in [1.165, 1.54) is 0 Å². The maximum atomic E-state index is 14.5. The lowest BCUT2D eigenvalue weighted by molar-refractivity contribution is -0.175. The van der Waals surface area contributed by atoms with Crippen LogP contribution in [0.2, 0.25) is 0 Å². The molecule has 3 fully saturated rings. The minimum atomic E-state index is -0.890. The number of ether oxygens (including phenoxy) is 1. The van der Waals surface area contributed by atoms with Gasteiger partial charge in [-0.2, -0.15) is 0 Å². The Morgan fingerprint density at radius 3 is 2.38 bits per heavy atom. The van der Waals surface area contributed by atoms with Crippen LogP contribution in [0.3, 0.4) is 0 Å². The number of aliphatic hydroxyl groups is 3. The molecule has 2 spiro atoms. The van der Waals surface area contributed by atoms with Crippen molar-refractivity contribution in [2.24, 2.45) is 33.5 Å². The number of carbonyl (C=O) groups excluding carboxylic acids is 1. The standard InChI is InChI=1S/C33H45NO5/c1-29-12-9-23(36)19-31(29)15-16-33(25(20-31)28(37)22-5-7-24(39-4)8-6-22)26(29)10-13-30(2)27(33)11-14-32(30,38)21-34(3)17-18-35/h5-8,15-16,20,23,26-27,35-36,38H,9-14,17-19,21H2,1-4H3. The molecule has 0 radical (unpaired) electrons. The zero-order chi connectivity index (χ0) is 27.8. The second-order valence-corrected chi connectivity index (χ2v) is 13.8. The Balaban J connectivity index is 1.49. The molecule has 0 aromatic heterocycles. The molecule has 8 atom stereocenters. The molecule has 3 N–H and O–H groups in total. The summed E-state index contributed by atoms with van der Waals surface area (Å²) >= 11 is 0. The molecule has 1 aromatic rings. The number of hydrogen-bond donors (Lipinski definition) is 3. The van der Waals surface area contributed by atoms with Gasteiger partial charge in [0, 0.05) is 40.5 Å². The third-order valence-corrected chi connectivity index (χ3v) is 12.3.